The highest BCUT2D eigenvalue weighted by molar-refractivity contribution is 5.69. The Labute approximate surface area is 99.0 Å². The molecule has 0 unspecified atom stereocenters. The van der Waals surface area contributed by atoms with Gasteiger partial charge in [0.2, 0.25) is 5.88 Å². The average molecular weight is 224 g/mol. The molecular formula is C14H12N2O. The molecule has 3 nitrogen and oxygen atoms in total. The summed E-state index contributed by atoms with van der Waals surface area (Å²) in [6.07, 6.45) is 1.88. The fraction of sp³-hybridized carbons (Fsp3) is 0.0714. The Kier molecular flexibility index (Phi) is 2.11. The van der Waals surface area contributed by atoms with E-state index in [1.54, 1.807) is 4.40 Å². The lowest BCUT2D eigenvalue weighted by Gasteiger charge is -1.98. The van der Waals surface area contributed by atoms with Crippen molar-refractivity contribution in [3.63, 3.8) is 0 Å². The van der Waals surface area contributed by atoms with Crippen LogP contribution in [0.2, 0.25) is 0 Å². The second-order valence-corrected chi connectivity index (χ2v) is 4.08. The van der Waals surface area contributed by atoms with Crippen molar-refractivity contribution in [2.24, 2.45) is 0 Å². The van der Waals surface area contributed by atoms with Crippen LogP contribution >= 0.6 is 0 Å². The van der Waals surface area contributed by atoms with Crippen molar-refractivity contribution in [3.8, 4) is 17.1 Å². The Morgan fingerprint density at radius 2 is 1.82 bits per heavy atom. The molecule has 0 aliphatic carbocycles. The maximum Gasteiger partial charge on any atom is 0.224 e. The summed E-state index contributed by atoms with van der Waals surface area (Å²) in [5, 5.41) is 10.2. The normalized spacial score (nSPS) is 10.9. The quantitative estimate of drug-likeness (QED) is 0.690. The molecule has 84 valence electrons. The predicted molar refractivity (Wildman–Crippen MR) is 67.0 cm³/mol. The molecule has 3 aromatic rings. The van der Waals surface area contributed by atoms with E-state index in [1.165, 1.54) is 0 Å². The first-order valence-corrected chi connectivity index (χ1v) is 5.49. The minimum absolute atomic E-state index is 0.190. The largest absolute Gasteiger partial charge is 0.493 e. The number of fused-ring (bicyclic) bond motifs is 1. The van der Waals surface area contributed by atoms with E-state index in [9.17, 15) is 5.11 Å². The Morgan fingerprint density at radius 3 is 2.59 bits per heavy atom. The summed E-state index contributed by atoms with van der Waals surface area (Å²) in [5.74, 6) is 0.190. The molecule has 3 rings (SSSR count). The van der Waals surface area contributed by atoms with E-state index in [2.05, 4.69) is 4.98 Å². The van der Waals surface area contributed by atoms with Gasteiger partial charge in [-0.25, -0.2) is 4.98 Å². The molecule has 0 amide bonds. The molecule has 0 aliphatic heterocycles. The molecule has 2 aromatic heterocycles. The zero-order valence-electron chi connectivity index (χ0n) is 9.46. The van der Waals surface area contributed by atoms with Gasteiger partial charge < -0.3 is 5.11 Å². The van der Waals surface area contributed by atoms with Crippen LogP contribution in [-0.2, 0) is 0 Å². The number of hydrogen-bond acceptors (Lipinski definition) is 2. The van der Waals surface area contributed by atoms with Gasteiger partial charge in [-0.1, -0.05) is 36.4 Å². The van der Waals surface area contributed by atoms with E-state index >= 15 is 0 Å². The van der Waals surface area contributed by atoms with E-state index in [0.29, 0.717) is 5.69 Å². The van der Waals surface area contributed by atoms with Crippen LogP contribution in [0.1, 0.15) is 5.56 Å². The van der Waals surface area contributed by atoms with Gasteiger partial charge in [-0.05, 0) is 18.6 Å². The van der Waals surface area contributed by atoms with E-state index in [4.69, 9.17) is 0 Å². The van der Waals surface area contributed by atoms with Crippen LogP contribution in [0.3, 0.4) is 0 Å². The SMILES string of the molecule is Cc1ccc2nc(-c3ccccc3)c(O)n2c1. The fourth-order valence-corrected chi connectivity index (χ4v) is 1.93. The van der Waals surface area contributed by atoms with Crippen molar-refractivity contribution in [1.29, 1.82) is 0 Å². The average Bonchev–Trinajstić information content (AvgIpc) is 2.68. The number of aromatic hydroxyl groups is 1. The van der Waals surface area contributed by atoms with Crippen molar-refractivity contribution in [2.45, 2.75) is 6.92 Å². The zero-order valence-corrected chi connectivity index (χ0v) is 9.46. The number of rotatable bonds is 1. The summed E-state index contributed by atoms with van der Waals surface area (Å²) in [6.45, 7) is 1.99. The van der Waals surface area contributed by atoms with Crippen molar-refractivity contribution < 1.29 is 5.11 Å². The summed E-state index contributed by atoms with van der Waals surface area (Å²) in [4.78, 5) is 4.44. The van der Waals surface area contributed by atoms with Gasteiger partial charge in [0.1, 0.15) is 11.3 Å². The summed E-state index contributed by atoms with van der Waals surface area (Å²) >= 11 is 0. The maximum absolute atomic E-state index is 10.2. The highest BCUT2D eigenvalue weighted by atomic mass is 16.3. The Hall–Kier alpha value is -2.29. The van der Waals surface area contributed by atoms with Gasteiger partial charge in [-0.15, -0.1) is 0 Å². The molecule has 0 fully saturated rings. The van der Waals surface area contributed by atoms with Crippen LogP contribution < -0.4 is 0 Å². The van der Waals surface area contributed by atoms with Crippen molar-refractivity contribution >= 4 is 5.65 Å². The van der Waals surface area contributed by atoms with Gasteiger partial charge in [-0.2, -0.15) is 0 Å². The number of aryl methyl sites for hydroxylation is 1. The van der Waals surface area contributed by atoms with Crippen LogP contribution in [0.25, 0.3) is 16.9 Å². The number of benzene rings is 1. The summed E-state index contributed by atoms with van der Waals surface area (Å²) in [5.41, 5.74) is 3.39. The van der Waals surface area contributed by atoms with E-state index in [-0.39, 0.29) is 5.88 Å². The van der Waals surface area contributed by atoms with Crippen LogP contribution in [-0.4, -0.2) is 14.5 Å². The molecule has 0 aliphatic rings. The molecule has 3 heteroatoms. The monoisotopic (exact) mass is 224 g/mol. The minimum Gasteiger partial charge on any atom is -0.493 e. The molecule has 0 saturated heterocycles. The lowest BCUT2D eigenvalue weighted by Crippen LogP contribution is -1.84. The van der Waals surface area contributed by atoms with Gasteiger partial charge in [0.15, 0.2) is 0 Å². The second-order valence-electron chi connectivity index (χ2n) is 4.08. The lowest BCUT2D eigenvalue weighted by atomic mass is 10.2. The smallest absolute Gasteiger partial charge is 0.224 e. The molecule has 0 bridgehead atoms. The Balaban J connectivity index is 2.28. The van der Waals surface area contributed by atoms with Gasteiger partial charge in [0, 0.05) is 11.8 Å². The zero-order chi connectivity index (χ0) is 11.8. The molecule has 17 heavy (non-hydrogen) atoms. The van der Waals surface area contributed by atoms with Crippen LogP contribution in [0.4, 0.5) is 0 Å². The maximum atomic E-state index is 10.2. The Bertz CT molecular complexity index is 671. The highest BCUT2D eigenvalue weighted by Gasteiger charge is 2.12. The molecule has 1 aromatic carbocycles. The molecule has 0 spiro atoms. The summed E-state index contributed by atoms with van der Waals surface area (Å²) in [7, 11) is 0. The molecular weight excluding hydrogens is 212 g/mol. The number of nitrogens with zero attached hydrogens (tertiary/aromatic N) is 2. The molecule has 0 radical (unpaired) electrons. The van der Waals surface area contributed by atoms with Crippen LogP contribution in [0, 0.1) is 6.92 Å². The number of imidazole rings is 1. The number of pyridine rings is 1. The molecule has 1 N–H and O–H groups in total. The van der Waals surface area contributed by atoms with E-state index in [1.807, 2.05) is 55.6 Å². The second kappa shape index (κ2) is 3.63. The summed E-state index contributed by atoms with van der Waals surface area (Å²) in [6, 6.07) is 13.6. The highest BCUT2D eigenvalue weighted by Crippen LogP contribution is 2.29. The van der Waals surface area contributed by atoms with Gasteiger partial charge in [0.05, 0.1) is 0 Å². The van der Waals surface area contributed by atoms with Crippen LogP contribution in [0.15, 0.2) is 48.7 Å². The Morgan fingerprint density at radius 1 is 1.06 bits per heavy atom. The third kappa shape index (κ3) is 1.56. The minimum atomic E-state index is 0.190. The number of aromatic nitrogens is 2. The van der Waals surface area contributed by atoms with Gasteiger partial charge >= 0.3 is 0 Å². The summed E-state index contributed by atoms with van der Waals surface area (Å²) < 4.78 is 1.71. The first kappa shape index (κ1) is 9.90. The first-order chi connectivity index (χ1) is 8.25. The van der Waals surface area contributed by atoms with Crippen molar-refractivity contribution in [1.82, 2.24) is 9.38 Å². The van der Waals surface area contributed by atoms with Gasteiger partial charge in [-0.3, -0.25) is 4.40 Å². The third-order valence-corrected chi connectivity index (χ3v) is 2.79. The van der Waals surface area contributed by atoms with E-state index in [0.717, 1.165) is 16.8 Å². The van der Waals surface area contributed by atoms with Gasteiger partial charge in [0.25, 0.3) is 0 Å². The van der Waals surface area contributed by atoms with Crippen molar-refractivity contribution in [3.05, 3.63) is 54.2 Å². The predicted octanol–water partition coefficient (Wildman–Crippen LogP) is 3.02. The molecule has 0 atom stereocenters. The fourth-order valence-electron chi connectivity index (χ4n) is 1.93. The lowest BCUT2D eigenvalue weighted by molar-refractivity contribution is 0.450. The third-order valence-electron chi connectivity index (χ3n) is 2.79. The first-order valence-electron chi connectivity index (χ1n) is 5.49. The number of hydrogen-bond donors (Lipinski definition) is 1. The van der Waals surface area contributed by atoms with Crippen molar-refractivity contribution in [2.75, 3.05) is 0 Å². The molecule has 0 saturated carbocycles. The standard InChI is InChI=1S/C14H12N2O/c1-10-7-8-12-15-13(14(17)16(12)9-10)11-5-3-2-4-6-11/h2-9,17H,1H3. The van der Waals surface area contributed by atoms with E-state index < -0.39 is 0 Å². The topological polar surface area (TPSA) is 37.5 Å². The van der Waals surface area contributed by atoms with Crippen LogP contribution in [0.5, 0.6) is 5.88 Å². The molecule has 2 heterocycles.